The first-order valence-electron chi connectivity index (χ1n) is 8.12. The van der Waals surface area contributed by atoms with Crippen molar-refractivity contribution >= 4 is 0 Å². The summed E-state index contributed by atoms with van der Waals surface area (Å²) in [7, 11) is 0. The fourth-order valence-corrected chi connectivity index (χ4v) is 3.19. The lowest BCUT2D eigenvalue weighted by Gasteiger charge is -2.34. The zero-order valence-corrected chi connectivity index (χ0v) is 12.7. The second-order valence-corrected chi connectivity index (χ2v) is 5.74. The van der Waals surface area contributed by atoms with Crippen LogP contribution in [0.25, 0.3) is 0 Å². The SMILES string of the molecule is CCCNC(CCOCC)C1CCC(CC)CC1. The topological polar surface area (TPSA) is 21.3 Å². The predicted molar refractivity (Wildman–Crippen MR) is 78.9 cm³/mol. The molecule has 18 heavy (non-hydrogen) atoms. The van der Waals surface area contributed by atoms with Crippen molar-refractivity contribution in [1.82, 2.24) is 5.32 Å². The molecule has 0 spiro atoms. The number of rotatable bonds is 9. The molecule has 1 aliphatic carbocycles. The summed E-state index contributed by atoms with van der Waals surface area (Å²) in [5, 5.41) is 3.75. The van der Waals surface area contributed by atoms with Gasteiger partial charge in [-0.25, -0.2) is 0 Å². The van der Waals surface area contributed by atoms with Crippen molar-refractivity contribution in [3.8, 4) is 0 Å². The van der Waals surface area contributed by atoms with E-state index in [4.69, 9.17) is 4.74 Å². The number of nitrogens with one attached hydrogen (secondary N) is 1. The molecule has 0 radical (unpaired) electrons. The highest BCUT2D eigenvalue weighted by atomic mass is 16.5. The molecule has 1 atom stereocenters. The normalized spacial score (nSPS) is 26.2. The highest BCUT2D eigenvalue weighted by Gasteiger charge is 2.26. The van der Waals surface area contributed by atoms with Crippen LogP contribution in [0.15, 0.2) is 0 Å². The van der Waals surface area contributed by atoms with E-state index < -0.39 is 0 Å². The van der Waals surface area contributed by atoms with E-state index in [9.17, 15) is 0 Å². The summed E-state index contributed by atoms with van der Waals surface area (Å²) in [5.41, 5.74) is 0. The first-order chi connectivity index (χ1) is 8.81. The predicted octanol–water partition coefficient (Wildman–Crippen LogP) is 4.00. The Morgan fingerprint density at radius 3 is 2.39 bits per heavy atom. The third kappa shape index (κ3) is 5.71. The van der Waals surface area contributed by atoms with Crippen molar-refractivity contribution in [1.29, 1.82) is 0 Å². The van der Waals surface area contributed by atoms with Crippen LogP contribution in [0.4, 0.5) is 0 Å². The Hall–Kier alpha value is -0.0800. The molecule has 0 bridgehead atoms. The second kappa shape index (κ2) is 9.80. The van der Waals surface area contributed by atoms with E-state index in [2.05, 4.69) is 26.1 Å². The van der Waals surface area contributed by atoms with Gasteiger partial charge in [0.15, 0.2) is 0 Å². The maximum atomic E-state index is 5.54. The molecule has 0 aromatic carbocycles. The Bertz CT molecular complexity index is 188. The van der Waals surface area contributed by atoms with Gasteiger partial charge in [-0.1, -0.05) is 33.1 Å². The Morgan fingerprint density at radius 2 is 1.83 bits per heavy atom. The quantitative estimate of drug-likeness (QED) is 0.629. The van der Waals surface area contributed by atoms with Gasteiger partial charge in [0.05, 0.1) is 0 Å². The van der Waals surface area contributed by atoms with Gasteiger partial charge in [0.25, 0.3) is 0 Å². The minimum Gasteiger partial charge on any atom is -0.382 e. The zero-order chi connectivity index (χ0) is 13.2. The molecule has 108 valence electrons. The van der Waals surface area contributed by atoms with E-state index in [1.165, 1.54) is 44.9 Å². The van der Waals surface area contributed by atoms with Crippen molar-refractivity contribution in [3.05, 3.63) is 0 Å². The molecule has 1 N–H and O–H groups in total. The van der Waals surface area contributed by atoms with Crippen LogP contribution in [0.1, 0.15) is 65.7 Å². The molecule has 0 heterocycles. The molecule has 2 heteroatoms. The van der Waals surface area contributed by atoms with Gasteiger partial charge in [-0.3, -0.25) is 0 Å². The average Bonchev–Trinajstić information content (AvgIpc) is 2.43. The molecule has 1 fully saturated rings. The standard InChI is InChI=1S/C16H33NO/c1-4-12-17-16(11-13-18-6-3)15-9-7-14(5-2)8-10-15/h14-17H,4-13H2,1-3H3. The minimum atomic E-state index is 0.689. The Labute approximate surface area is 114 Å². The first kappa shape index (κ1) is 16.0. The summed E-state index contributed by atoms with van der Waals surface area (Å²) in [6.45, 7) is 9.60. The van der Waals surface area contributed by atoms with Crippen LogP contribution in [0.5, 0.6) is 0 Å². The molecule has 0 aromatic rings. The van der Waals surface area contributed by atoms with Gasteiger partial charge in [0.1, 0.15) is 0 Å². The number of hydrogen-bond donors (Lipinski definition) is 1. The van der Waals surface area contributed by atoms with E-state index in [1.807, 2.05) is 0 Å². The van der Waals surface area contributed by atoms with Crippen LogP contribution < -0.4 is 5.32 Å². The smallest absolute Gasteiger partial charge is 0.0480 e. The molecule has 0 aromatic heterocycles. The van der Waals surface area contributed by atoms with E-state index in [0.717, 1.165) is 31.6 Å². The van der Waals surface area contributed by atoms with Crippen molar-refractivity contribution in [3.63, 3.8) is 0 Å². The van der Waals surface area contributed by atoms with Gasteiger partial charge in [-0.2, -0.15) is 0 Å². The van der Waals surface area contributed by atoms with E-state index in [0.29, 0.717) is 6.04 Å². The monoisotopic (exact) mass is 255 g/mol. The molecule has 0 amide bonds. The van der Waals surface area contributed by atoms with Crippen LogP contribution in [0, 0.1) is 11.8 Å². The zero-order valence-electron chi connectivity index (χ0n) is 12.7. The third-order valence-electron chi connectivity index (χ3n) is 4.47. The van der Waals surface area contributed by atoms with E-state index >= 15 is 0 Å². The average molecular weight is 255 g/mol. The molecule has 0 saturated heterocycles. The molecule has 2 nitrogen and oxygen atoms in total. The van der Waals surface area contributed by atoms with Crippen LogP contribution in [0.3, 0.4) is 0 Å². The number of hydrogen-bond acceptors (Lipinski definition) is 2. The molecule has 0 aliphatic heterocycles. The van der Waals surface area contributed by atoms with Crippen molar-refractivity contribution in [2.45, 2.75) is 71.8 Å². The van der Waals surface area contributed by atoms with Crippen molar-refractivity contribution in [2.75, 3.05) is 19.8 Å². The largest absolute Gasteiger partial charge is 0.382 e. The van der Waals surface area contributed by atoms with Gasteiger partial charge in [-0.05, 0) is 51.0 Å². The summed E-state index contributed by atoms with van der Waals surface area (Å²) in [6.07, 6.45) is 9.53. The third-order valence-corrected chi connectivity index (χ3v) is 4.47. The Morgan fingerprint density at radius 1 is 1.11 bits per heavy atom. The molecule has 1 rings (SSSR count). The van der Waals surface area contributed by atoms with Gasteiger partial charge >= 0.3 is 0 Å². The second-order valence-electron chi connectivity index (χ2n) is 5.74. The highest BCUT2D eigenvalue weighted by Crippen LogP contribution is 2.33. The first-order valence-corrected chi connectivity index (χ1v) is 8.12. The van der Waals surface area contributed by atoms with Gasteiger partial charge in [0, 0.05) is 19.3 Å². The van der Waals surface area contributed by atoms with Gasteiger partial charge in [-0.15, -0.1) is 0 Å². The summed E-state index contributed by atoms with van der Waals surface area (Å²) >= 11 is 0. The lowest BCUT2D eigenvalue weighted by molar-refractivity contribution is 0.118. The van der Waals surface area contributed by atoms with Crippen LogP contribution in [-0.4, -0.2) is 25.8 Å². The van der Waals surface area contributed by atoms with E-state index in [-0.39, 0.29) is 0 Å². The summed E-state index contributed by atoms with van der Waals surface area (Å²) < 4.78 is 5.54. The van der Waals surface area contributed by atoms with Gasteiger partial charge in [0.2, 0.25) is 0 Å². The summed E-state index contributed by atoms with van der Waals surface area (Å²) in [5.74, 6) is 1.89. The van der Waals surface area contributed by atoms with Crippen LogP contribution in [0.2, 0.25) is 0 Å². The van der Waals surface area contributed by atoms with Crippen molar-refractivity contribution in [2.24, 2.45) is 11.8 Å². The minimum absolute atomic E-state index is 0.689. The van der Waals surface area contributed by atoms with Crippen LogP contribution in [-0.2, 0) is 4.74 Å². The molecular weight excluding hydrogens is 222 g/mol. The molecule has 1 saturated carbocycles. The Balaban J connectivity index is 2.33. The lowest BCUT2D eigenvalue weighted by atomic mass is 9.77. The van der Waals surface area contributed by atoms with Crippen LogP contribution >= 0.6 is 0 Å². The van der Waals surface area contributed by atoms with Crippen molar-refractivity contribution < 1.29 is 4.74 Å². The molecule has 1 aliphatic rings. The fraction of sp³-hybridized carbons (Fsp3) is 1.00. The lowest BCUT2D eigenvalue weighted by Crippen LogP contribution is -2.39. The summed E-state index contributed by atoms with van der Waals surface area (Å²) in [4.78, 5) is 0. The fourth-order valence-electron chi connectivity index (χ4n) is 3.19. The van der Waals surface area contributed by atoms with Gasteiger partial charge < -0.3 is 10.1 Å². The Kier molecular flexibility index (Phi) is 8.70. The maximum absolute atomic E-state index is 5.54. The molecular formula is C16H33NO. The molecule has 1 unspecified atom stereocenters. The maximum Gasteiger partial charge on any atom is 0.0480 e. The number of ether oxygens (including phenoxy) is 1. The highest BCUT2D eigenvalue weighted by molar-refractivity contribution is 4.81. The van der Waals surface area contributed by atoms with E-state index in [1.54, 1.807) is 0 Å². The summed E-state index contributed by atoms with van der Waals surface area (Å²) in [6, 6.07) is 0.689.